The van der Waals surface area contributed by atoms with E-state index < -0.39 is 17.7 Å². The maximum atomic E-state index is 13.6. The fourth-order valence-corrected chi connectivity index (χ4v) is 2.79. The van der Waals surface area contributed by atoms with E-state index in [4.69, 9.17) is 14.2 Å². The van der Waals surface area contributed by atoms with E-state index in [-0.39, 0.29) is 28.5 Å². The van der Waals surface area contributed by atoms with Crippen LogP contribution in [0.25, 0.3) is 0 Å². The van der Waals surface area contributed by atoms with E-state index in [0.29, 0.717) is 12.2 Å². The van der Waals surface area contributed by atoms with Crippen molar-refractivity contribution in [1.82, 2.24) is 0 Å². The molecule has 0 N–H and O–H groups in total. The van der Waals surface area contributed by atoms with Crippen LogP contribution >= 0.6 is 15.9 Å². The molecule has 0 radical (unpaired) electrons. The summed E-state index contributed by atoms with van der Waals surface area (Å²) in [5.74, 6) is -0.950. The van der Waals surface area contributed by atoms with Gasteiger partial charge in [0.05, 0.1) is 23.1 Å². The average molecular weight is 345 g/mol. The number of carbonyl (C=O) groups excluding carboxylic acids is 1. The van der Waals surface area contributed by atoms with Gasteiger partial charge in [-0.1, -0.05) is 0 Å². The maximum absolute atomic E-state index is 13.6. The van der Waals surface area contributed by atoms with E-state index in [1.807, 2.05) is 13.8 Å². The molecule has 0 aliphatic carbocycles. The lowest BCUT2D eigenvalue weighted by Gasteiger charge is -2.29. The largest absolute Gasteiger partial charge is 0.486 e. The molecule has 0 amide bonds. The van der Waals surface area contributed by atoms with E-state index in [2.05, 4.69) is 15.9 Å². The Labute approximate surface area is 124 Å². The van der Waals surface area contributed by atoms with Gasteiger partial charge in [-0.15, -0.1) is 0 Å². The van der Waals surface area contributed by atoms with Crippen molar-refractivity contribution in [1.29, 1.82) is 0 Å². The minimum Gasteiger partial charge on any atom is -0.486 e. The van der Waals surface area contributed by atoms with E-state index in [9.17, 15) is 9.18 Å². The van der Waals surface area contributed by atoms with Crippen molar-refractivity contribution in [3.63, 3.8) is 0 Å². The van der Waals surface area contributed by atoms with Gasteiger partial charge in [-0.2, -0.15) is 0 Å². The van der Waals surface area contributed by atoms with Crippen molar-refractivity contribution in [2.75, 3.05) is 6.61 Å². The minimum absolute atomic E-state index is 0.0785. The van der Waals surface area contributed by atoms with Crippen LogP contribution in [0.15, 0.2) is 16.6 Å². The van der Waals surface area contributed by atoms with Crippen LogP contribution in [0.2, 0.25) is 0 Å². The first-order valence-corrected chi connectivity index (χ1v) is 7.16. The molecule has 0 spiro atoms. The van der Waals surface area contributed by atoms with Gasteiger partial charge in [0.25, 0.3) is 0 Å². The second kappa shape index (κ2) is 4.79. The van der Waals surface area contributed by atoms with Gasteiger partial charge in [0.2, 0.25) is 0 Å². The molecule has 1 fully saturated rings. The predicted molar refractivity (Wildman–Crippen MR) is 72.4 cm³/mol. The number of carbonyl (C=O) groups is 1. The number of rotatable bonds is 1. The van der Waals surface area contributed by atoms with Crippen molar-refractivity contribution in [3.8, 4) is 5.75 Å². The number of ketones is 1. The lowest BCUT2D eigenvalue weighted by Crippen LogP contribution is -2.39. The lowest BCUT2D eigenvalue weighted by atomic mass is 9.98. The van der Waals surface area contributed by atoms with Crippen LogP contribution in [-0.2, 0) is 9.47 Å². The van der Waals surface area contributed by atoms with Crippen molar-refractivity contribution < 1.29 is 23.4 Å². The fraction of sp³-hybridized carbons (Fsp3) is 0.500. The van der Waals surface area contributed by atoms with Crippen LogP contribution in [0.4, 0.5) is 4.39 Å². The molecule has 0 saturated carbocycles. The molecule has 3 rings (SSSR count). The highest BCUT2D eigenvalue weighted by Crippen LogP contribution is 2.35. The molecular weight excluding hydrogens is 331 g/mol. The quantitative estimate of drug-likeness (QED) is 0.785. The molecule has 1 aromatic carbocycles. The van der Waals surface area contributed by atoms with Crippen molar-refractivity contribution >= 4 is 21.7 Å². The van der Waals surface area contributed by atoms with Gasteiger partial charge in [0.1, 0.15) is 23.8 Å². The molecule has 6 heteroatoms. The molecule has 0 bridgehead atoms. The molecule has 4 nitrogen and oxygen atoms in total. The summed E-state index contributed by atoms with van der Waals surface area (Å²) in [6.45, 7) is 3.98. The summed E-state index contributed by atoms with van der Waals surface area (Å²) in [5.41, 5.74) is 0.396. The second-order valence-corrected chi connectivity index (χ2v) is 6.27. The van der Waals surface area contributed by atoms with Crippen LogP contribution < -0.4 is 4.74 Å². The first kappa shape index (κ1) is 14.0. The third kappa shape index (κ3) is 2.47. The Bertz CT molecular complexity index is 573. The Morgan fingerprint density at radius 3 is 2.75 bits per heavy atom. The SMILES string of the molecule is CC1(C)OC[C@@H]([C@H]2CC(=O)c3cc(Br)c(F)cc3O2)O1. The van der Waals surface area contributed by atoms with Gasteiger partial charge < -0.3 is 14.2 Å². The van der Waals surface area contributed by atoms with Gasteiger partial charge in [-0.25, -0.2) is 4.39 Å². The highest BCUT2D eigenvalue weighted by Gasteiger charge is 2.41. The summed E-state index contributed by atoms with van der Waals surface area (Å²) in [6, 6.07) is 2.68. The smallest absolute Gasteiger partial charge is 0.170 e. The first-order chi connectivity index (χ1) is 9.35. The van der Waals surface area contributed by atoms with E-state index in [1.54, 1.807) is 0 Å². The zero-order valence-corrected chi connectivity index (χ0v) is 12.7. The second-order valence-electron chi connectivity index (χ2n) is 5.41. The zero-order chi connectivity index (χ0) is 14.5. The standard InChI is InChI=1S/C14H14BrFO4/c1-14(2)18-6-13(20-14)12-5-10(17)7-3-8(15)9(16)4-11(7)19-12/h3-4,12-13H,5-6H2,1-2H3/t12-,13+/m1/s1. The summed E-state index contributed by atoms with van der Waals surface area (Å²) >= 11 is 3.07. The molecule has 2 aliphatic heterocycles. The minimum atomic E-state index is -0.678. The number of ether oxygens (including phenoxy) is 3. The molecule has 2 heterocycles. The van der Waals surface area contributed by atoms with Gasteiger partial charge in [-0.3, -0.25) is 4.79 Å². The van der Waals surface area contributed by atoms with Gasteiger partial charge >= 0.3 is 0 Å². The molecule has 1 saturated heterocycles. The molecular formula is C14H14BrFO4. The average Bonchev–Trinajstić information content (AvgIpc) is 2.72. The molecule has 108 valence electrons. The third-order valence-electron chi connectivity index (χ3n) is 3.43. The topological polar surface area (TPSA) is 44.8 Å². The number of Topliss-reactive ketones (excluding diaryl/α,β-unsaturated/α-hetero) is 1. The lowest BCUT2D eigenvalue weighted by molar-refractivity contribution is -0.149. The Balaban J connectivity index is 1.86. The van der Waals surface area contributed by atoms with E-state index in [0.717, 1.165) is 0 Å². The Morgan fingerprint density at radius 1 is 1.35 bits per heavy atom. The van der Waals surface area contributed by atoms with Crippen LogP contribution in [-0.4, -0.2) is 30.4 Å². The predicted octanol–water partition coefficient (Wildman–Crippen LogP) is 3.07. The fourth-order valence-electron chi connectivity index (χ4n) is 2.45. The molecule has 0 aromatic heterocycles. The summed E-state index contributed by atoms with van der Waals surface area (Å²) in [7, 11) is 0. The number of halogens is 2. The van der Waals surface area contributed by atoms with E-state index in [1.165, 1.54) is 12.1 Å². The van der Waals surface area contributed by atoms with Crippen molar-refractivity contribution in [3.05, 3.63) is 28.0 Å². The van der Waals surface area contributed by atoms with Crippen LogP contribution in [0.5, 0.6) is 5.75 Å². The maximum Gasteiger partial charge on any atom is 0.170 e. The molecule has 2 atom stereocenters. The highest BCUT2D eigenvalue weighted by molar-refractivity contribution is 9.10. The first-order valence-electron chi connectivity index (χ1n) is 6.36. The highest BCUT2D eigenvalue weighted by atomic mass is 79.9. The van der Waals surface area contributed by atoms with Crippen molar-refractivity contribution in [2.45, 2.75) is 38.3 Å². The monoisotopic (exact) mass is 344 g/mol. The molecule has 20 heavy (non-hydrogen) atoms. The normalized spacial score (nSPS) is 28.1. The summed E-state index contributed by atoms with van der Waals surface area (Å²) < 4.78 is 30.7. The Kier molecular flexibility index (Phi) is 3.35. The van der Waals surface area contributed by atoms with Crippen LogP contribution in [0.1, 0.15) is 30.6 Å². The number of hydrogen-bond acceptors (Lipinski definition) is 4. The van der Waals surface area contributed by atoms with Gasteiger partial charge in [0.15, 0.2) is 11.6 Å². The zero-order valence-electron chi connectivity index (χ0n) is 11.1. The molecule has 0 unspecified atom stereocenters. The summed E-state index contributed by atoms with van der Waals surface area (Å²) in [5, 5.41) is 0. The number of hydrogen-bond donors (Lipinski definition) is 0. The van der Waals surface area contributed by atoms with Crippen molar-refractivity contribution in [2.24, 2.45) is 0 Å². The third-order valence-corrected chi connectivity index (χ3v) is 4.04. The van der Waals surface area contributed by atoms with Crippen LogP contribution in [0, 0.1) is 5.82 Å². The molecule has 2 aliphatic rings. The Morgan fingerprint density at radius 2 is 2.10 bits per heavy atom. The molecule has 1 aromatic rings. The Hall–Kier alpha value is -0.980. The number of fused-ring (bicyclic) bond motifs is 1. The van der Waals surface area contributed by atoms with Gasteiger partial charge in [-0.05, 0) is 35.8 Å². The summed E-state index contributed by atoms with van der Waals surface area (Å²) in [4.78, 5) is 12.2. The van der Waals surface area contributed by atoms with Gasteiger partial charge in [0, 0.05) is 6.07 Å². The van der Waals surface area contributed by atoms with Crippen LogP contribution in [0.3, 0.4) is 0 Å². The summed E-state index contributed by atoms with van der Waals surface area (Å²) in [6.07, 6.45) is -0.569. The number of benzene rings is 1. The van der Waals surface area contributed by atoms with E-state index >= 15 is 0 Å².